The van der Waals surface area contributed by atoms with Gasteiger partial charge in [-0.15, -0.1) is 0 Å². The van der Waals surface area contributed by atoms with Gasteiger partial charge in [0.05, 0.1) is 17.6 Å². The average Bonchev–Trinajstić information content (AvgIpc) is 2.15. The molecule has 0 amide bonds. The first kappa shape index (κ1) is 12.0. The van der Waals surface area contributed by atoms with Crippen molar-refractivity contribution in [1.82, 2.24) is 9.97 Å². The van der Waals surface area contributed by atoms with Crippen LogP contribution in [0.1, 0.15) is 25.6 Å². The molecule has 1 aromatic heterocycles. The minimum absolute atomic E-state index is 0.262. The van der Waals surface area contributed by atoms with Gasteiger partial charge in [0.2, 0.25) is 10.0 Å². The summed E-state index contributed by atoms with van der Waals surface area (Å²) in [4.78, 5) is 7.41. The number of sulfonamides is 1. The van der Waals surface area contributed by atoms with E-state index in [-0.39, 0.29) is 5.82 Å². The molecule has 0 aliphatic carbocycles. The Morgan fingerprint density at radius 2 is 1.80 bits per heavy atom. The van der Waals surface area contributed by atoms with Gasteiger partial charge in [0, 0.05) is 5.92 Å². The first-order chi connectivity index (χ1) is 6.82. The molecule has 1 rings (SSSR count). The summed E-state index contributed by atoms with van der Waals surface area (Å²) in [5.41, 5.74) is 0. The van der Waals surface area contributed by atoms with Gasteiger partial charge in [0.1, 0.15) is 5.82 Å². The van der Waals surface area contributed by atoms with Crippen molar-refractivity contribution in [2.24, 2.45) is 5.14 Å². The van der Waals surface area contributed by atoms with Crippen LogP contribution in [0.5, 0.6) is 0 Å². The fraction of sp³-hybridized carbons (Fsp3) is 0.500. The topological polar surface area (TPSA) is 85.9 Å². The van der Waals surface area contributed by atoms with E-state index in [1.807, 2.05) is 0 Å². The summed E-state index contributed by atoms with van der Waals surface area (Å²) >= 11 is 0. The number of primary sulfonamides is 1. The third-order valence-electron chi connectivity index (χ3n) is 2.27. The lowest BCUT2D eigenvalue weighted by Crippen LogP contribution is -2.31. The highest BCUT2D eigenvalue weighted by Gasteiger charge is 2.26. The summed E-state index contributed by atoms with van der Waals surface area (Å²) in [5.74, 6) is -0.771. The van der Waals surface area contributed by atoms with Gasteiger partial charge < -0.3 is 0 Å². The van der Waals surface area contributed by atoms with Crippen molar-refractivity contribution in [3.63, 3.8) is 0 Å². The number of hydrogen-bond donors (Lipinski definition) is 1. The summed E-state index contributed by atoms with van der Waals surface area (Å²) in [5, 5.41) is 4.19. The predicted molar refractivity (Wildman–Crippen MR) is 53.0 cm³/mol. The second kappa shape index (κ2) is 4.19. The summed E-state index contributed by atoms with van der Waals surface area (Å²) < 4.78 is 34.6. The monoisotopic (exact) mass is 233 g/mol. The molecule has 2 N–H and O–H groups in total. The third-order valence-corrected chi connectivity index (χ3v) is 3.71. The van der Waals surface area contributed by atoms with Crippen molar-refractivity contribution >= 4 is 10.0 Å². The highest BCUT2D eigenvalue weighted by atomic mass is 32.2. The second-order valence-electron chi connectivity index (χ2n) is 3.34. The molecule has 0 fully saturated rings. The summed E-state index contributed by atoms with van der Waals surface area (Å²) in [6, 6.07) is 0. The molecular weight excluding hydrogens is 221 g/mol. The number of nitrogens with zero attached hydrogens (tertiary/aromatic N) is 2. The van der Waals surface area contributed by atoms with Gasteiger partial charge >= 0.3 is 0 Å². The Balaban J connectivity index is 2.95. The van der Waals surface area contributed by atoms with Crippen molar-refractivity contribution in [1.29, 1.82) is 0 Å². The van der Waals surface area contributed by atoms with E-state index < -0.39 is 27.0 Å². The van der Waals surface area contributed by atoms with Crippen molar-refractivity contribution in [3.05, 3.63) is 24.0 Å². The molecule has 0 spiro atoms. The largest absolute Gasteiger partial charge is 0.238 e. The van der Waals surface area contributed by atoms with Gasteiger partial charge in [-0.1, -0.05) is 6.92 Å². The van der Waals surface area contributed by atoms with E-state index in [0.29, 0.717) is 0 Å². The molecule has 0 unspecified atom stereocenters. The first-order valence-electron chi connectivity index (χ1n) is 4.31. The molecule has 0 radical (unpaired) electrons. The lowest BCUT2D eigenvalue weighted by Gasteiger charge is -2.15. The Morgan fingerprint density at radius 1 is 1.33 bits per heavy atom. The maximum Gasteiger partial charge on any atom is 0.212 e. The number of nitrogens with two attached hydrogens (primary N) is 1. The molecule has 0 aromatic carbocycles. The van der Waals surface area contributed by atoms with Crippen molar-refractivity contribution in [3.8, 4) is 0 Å². The SMILES string of the molecule is C[C@H](c1ncc(F)cn1)[C@H](C)S(N)(=O)=O. The van der Waals surface area contributed by atoms with E-state index in [1.165, 1.54) is 6.92 Å². The number of hydrogen-bond acceptors (Lipinski definition) is 4. The zero-order valence-electron chi connectivity index (χ0n) is 8.38. The van der Waals surface area contributed by atoms with E-state index in [1.54, 1.807) is 6.92 Å². The van der Waals surface area contributed by atoms with Gasteiger partial charge in [-0.3, -0.25) is 0 Å². The van der Waals surface area contributed by atoms with Crippen LogP contribution in [0.15, 0.2) is 12.4 Å². The minimum Gasteiger partial charge on any atom is -0.238 e. The van der Waals surface area contributed by atoms with Crippen LogP contribution in [0.2, 0.25) is 0 Å². The van der Waals surface area contributed by atoms with Crippen LogP contribution in [0.4, 0.5) is 4.39 Å². The van der Waals surface area contributed by atoms with Crippen LogP contribution in [0, 0.1) is 5.82 Å². The Hall–Kier alpha value is -1.08. The van der Waals surface area contributed by atoms with Gasteiger partial charge in [0.15, 0.2) is 5.82 Å². The molecule has 1 aromatic rings. The third kappa shape index (κ3) is 2.93. The number of halogens is 1. The van der Waals surface area contributed by atoms with E-state index in [9.17, 15) is 12.8 Å². The smallest absolute Gasteiger partial charge is 0.212 e. The average molecular weight is 233 g/mol. The van der Waals surface area contributed by atoms with Crippen LogP contribution in [-0.4, -0.2) is 23.6 Å². The van der Waals surface area contributed by atoms with Gasteiger partial charge in [0.25, 0.3) is 0 Å². The number of rotatable bonds is 3. The lowest BCUT2D eigenvalue weighted by atomic mass is 10.1. The van der Waals surface area contributed by atoms with Crippen LogP contribution in [0.3, 0.4) is 0 Å². The van der Waals surface area contributed by atoms with E-state index in [2.05, 4.69) is 9.97 Å². The maximum absolute atomic E-state index is 12.5. The van der Waals surface area contributed by atoms with Gasteiger partial charge in [-0.2, -0.15) is 0 Å². The fourth-order valence-electron chi connectivity index (χ4n) is 1.05. The Labute approximate surface area is 87.6 Å². The quantitative estimate of drug-likeness (QED) is 0.818. The molecule has 0 bridgehead atoms. The summed E-state index contributed by atoms with van der Waals surface area (Å²) in [6.45, 7) is 3.09. The first-order valence-corrected chi connectivity index (χ1v) is 5.92. The molecule has 7 heteroatoms. The van der Waals surface area contributed by atoms with Gasteiger partial charge in [-0.05, 0) is 6.92 Å². The van der Waals surface area contributed by atoms with Crippen LogP contribution in [-0.2, 0) is 10.0 Å². The lowest BCUT2D eigenvalue weighted by molar-refractivity contribution is 0.559. The zero-order chi connectivity index (χ0) is 11.6. The predicted octanol–water partition coefficient (Wildman–Crippen LogP) is 0.396. The zero-order valence-corrected chi connectivity index (χ0v) is 9.20. The maximum atomic E-state index is 12.5. The molecule has 0 saturated heterocycles. The summed E-state index contributed by atoms with van der Waals surface area (Å²) in [6.07, 6.45) is 1.99. The fourth-order valence-corrected chi connectivity index (χ4v) is 1.74. The van der Waals surface area contributed by atoms with Crippen molar-refractivity contribution in [2.75, 3.05) is 0 Å². The Kier molecular flexibility index (Phi) is 3.35. The van der Waals surface area contributed by atoms with Crippen LogP contribution >= 0.6 is 0 Å². The highest BCUT2D eigenvalue weighted by molar-refractivity contribution is 7.89. The van der Waals surface area contributed by atoms with Crippen LogP contribution < -0.4 is 5.14 Å². The number of aromatic nitrogens is 2. The van der Waals surface area contributed by atoms with E-state index in [4.69, 9.17) is 5.14 Å². The summed E-state index contributed by atoms with van der Waals surface area (Å²) in [7, 11) is -3.63. The molecule has 0 saturated carbocycles. The van der Waals surface area contributed by atoms with E-state index in [0.717, 1.165) is 12.4 Å². The molecule has 0 aliphatic heterocycles. The van der Waals surface area contributed by atoms with Crippen LogP contribution in [0.25, 0.3) is 0 Å². The molecule has 15 heavy (non-hydrogen) atoms. The van der Waals surface area contributed by atoms with Gasteiger partial charge in [-0.25, -0.2) is 27.9 Å². The highest BCUT2D eigenvalue weighted by Crippen LogP contribution is 2.18. The van der Waals surface area contributed by atoms with Crippen molar-refractivity contribution in [2.45, 2.75) is 25.0 Å². The Bertz CT molecular complexity index is 432. The standard InChI is InChI=1S/C8H12FN3O2S/c1-5(6(2)15(10,13)14)8-11-3-7(9)4-12-8/h3-6H,1-2H3,(H2,10,13,14)/t5-,6-/m0/s1. The van der Waals surface area contributed by atoms with E-state index >= 15 is 0 Å². The molecule has 0 aliphatic rings. The molecule has 1 heterocycles. The molecule has 5 nitrogen and oxygen atoms in total. The normalized spacial score (nSPS) is 16.0. The minimum atomic E-state index is -3.63. The Morgan fingerprint density at radius 3 is 2.20 bits per heavy atom. The molecule has 84 valence electrons. The second-order valence-corrected chi connectivity index (χ2v) is 5.26. The molecule has 2 atom stereocenters. The molecular formula is C8H12FN3O2S. The van der Waals surface area contributed by atoms with Crippen molar-refractivity contribution < 1.29 is 12.8 Å².